The highest BCUT2D eigenvalue weighted by Crippen LogP contribution is 2.32. The Bertz CT molecular complexity index is 379. The first-order valence-electron chi connectivity index (χ1n) is 4.72. The van der Waals surface area contributed by atoms with Crippen LogP contribution in [0.15, 0.2) is 12.1 Å². The van der Waals surface area contributed by atoms with Gasteiger partial charge in [0.25, 0.3) is 5.69 Å². The maximum absolute atomic E-state index is 10.7. The summed E-state index contributed by atoms with van der Waals surface area (Å²) in [7, 11) is 0. The van der Waals surface area contributed by atoms with Gasteiger partial charge in [-0.15, -0.1) is 0 Å². The number of aromatic hydroxyl groups is 1. The van der Waals surface area contributed by atoms with Crippen LogP contribution in [0.2, 0.25) is 5.02 Å². The molecule has 1 aromatic rings. The SMILES string of the molecule is CCCCc1cc(Cl)c(O)cc1[N+](=O)[O-]. The molecule has 82 valence electrons. The van der Waals surface area contributed by atoms with Crippen LogP contribution in [0.25, 0.3) is 0 Å². The van der Waals surface area contributed by atoms with E-state index in [9.17, 15) is 15.2 Å². The van der Waals surface area contributed by atoms with Gasteiger partial charge in [-0.25, -0.2) is 0 Å². The molecular weight excluding hydrogens is 218 g/mol. The minimum atomic E-state index is -0.499. The number of nitro benzene ring substituents is 1. The summed E-state index contributed by atoms with van der Waals surface area (Å²) in [6, 6.07) is 2.57. The van der Waals surface area contributed by atoms with E-state index in [1.165, 1.54) is 6.07 Å². The highest BCUT2D eigenvalue weighted by molar-refractivity contribution is 6.32. The number of aryl methyl sites for hydroxylation is 1. The predicted octanol–water partition coefficient (Wildman–Crippen LogP) is 3.30. The molecule has 0 aliphatic rings. The smallest absolute Gasteiger partial charge is 0.276 e. The fourth-order valence-electron chi connectivity index (χ4n) is 1.33. The van der Waals surface area contributed by atoms with Gasteiger partial charge < -0.3 is 5.11 Å². The molecule has 1 rings (SSSR count). The van der Waals surface area contributed by atoms with Gasteiger partial charge in [0, 0.05) is 5.56 Å². The third-order valence-electron chi connectivity index (χ3n) is 2.14. The quantitative estimate of drug-likeness (QED) is 0.637. The van der Waals surface area contributed by atoms with E-state index >= 15 is 0 Å². The minimum absolute atomic E-state index is 0.0645. The lowest BCUT2D eigenvalue weighted by Gasteiger charge is -2.04. The summed E-state index contributed by atoms with van der Waals surface area (Å²) in [6.45, 7) is 2.01. The Hall–Kier alpha value is -1.29. The molecular formula is C10H12ClNO3. The molecule has 15 heavy (non-hydrogen) atoms. The summed E-state index contributed by atoms with van der Waals surface area (Å²) >= 11 is 5.70. The number of rotatable bonds is 4. The summed E-state index contributed by atoms with van der Waals surface area (Å²) in [4.78, 5) is 10.2. The van der Waals surface area contributed by atoms with Crippen LogP contribution < -0.4 is 0 Å². The highest BCUT2D eigenvalue weighted by Gasteiger charge is 2.16. The van der Waals surface area contributed by atoms with Crippen molar-refractivity contribution in [2.24, 2.45) is 0 Å². The first-order valence-corrected chi connectivity index (χ1v) is 5.09. The molecule has 0 amide bonds. The molecule has 0 fully saturated rings. The van der Waals surface area contributed by atoms with Gasteiger partial charge in [-0.2, -0.15) is 0 Å². The molecule has 0 aromatic heterocycles. The number of hydrogen-bond acceptors (Lipinski definition) is 3. The standard InChI is InChI=1S/C10H12ClNO3/c1-2-3-4-7-5-8(11)10(13)6-9(7)12(14)15/h5-6,13H,2-4H2,1H3. The van der Waals surface area contributed by atoms with Crippen molar-refractivity contribution in [1.29, 1.82) is 0 Å². The number of halogens is 1. The Morgan fingerprint density at radius 2 is 2.20 bits per heavy atom. The fraction of sp³-hybridized carbons (Fsp3) is 0.400. The maximum Gasteiger partial charge on any atom is 0.276 e. The number of phenolic OH excluding ortho intramolecular Hbond substituents is 1. The largest absolute Gasteiger partial charge is 0.506 e. The van der Waals surface area contributed by atoms with Crippen molar-refractivity contribution in [1.82, 2.24) is 0 Å². The van der Waals surface area contributed by atoms with Crippen molar-refractivity contribution < 1.29 is 10.0 Å². The summed E-state index contributed by atoms with van der Waals surface area (Å²) in [5.41, 5.74) is 0.509. The van der Waals surface area contributed by atoms with Gasteiger partial charge in [0.1, 0.15) is 5.75 Å². The van der Waals surface area contributed by atoms with Crippen molar-refractivity contribution in [3.63, 3.8) is 0 Å². The van der Waals surface area contributed by atoms with E-state index in [1.54, 1.807) is 0 Å². The molecule has 5 heteroatoms. The third-order valence-corrected chi connectivity index (χ3v) is 2.45. The topological polar surface area (TPSA) is 63.4 Å². The number of unbranched alkanes of at least 4 members (excludes halogenated alkanes) is 1. The Morgan fingerprint density at radius 1 is 1.53 bits per heavy atom. The lowest BCUT2D eigenvalue weighted by Crippen LogP contribution is -1.95. The Morgan fingerprint density at radius 3 is 2.73 bits per heavy atom. The van der Waals surface area contributed by atoms with Crippen LogP contribution in [0.5, 0.6) is 5.75 Å². The van der Waals surface area contributed by atoms with E-state index in [0.29, 0.717) is 12.0 Å². The molecule has 0 saturated heterocycles. The van der Waals surface area contributed by atoms with Crippen LogP contribution in [0.4, 0.5) is 5.69 Å². The van der Waals surface area contributed by atoms with Gasteiger partial charge in [0.2, 0.25) is 0 Å². The van der Waals surface area contributed by atoms with Crippen molar-refractivity contribution in [3.8, 4) is 5.75 Å². The second-order valence-corrected chi connectivity index (χ2v) is 3.70. The van der Waals surface area contributed by atoms with Crippen LogP contribution >= 0.6 is 11.6 Å². The molecule has 0 spiro atoms. The van der Waals surface area contributed by atoms with Crippen molar-refractivity contribution in [2.45, 2.75) is 26.2 Å². The molecule has 0 aliphatic carbocycles. The Labute approximate surface area is 92.6 Å². The average molecular weight is 230 g/mol. The van der Waals surface area contributed by atoms with Gasteiger partial charge >= 0.3 is 0 Å². The normalized spacial score (nSPS) is 10.3. The van der Waals surface area contributed by atoms with Crippen LogP contribution in [0.1, 0.15) is 25.3 Å². The zero-order valence-electron chi connectivity index (χ0n) is 8.36. The van der Waals surface area contributed by atoms with E-state index < -0.39 is 4.92 Å². The molecule has 4 nitrogen and oxygen atoms in total. The number of nitrogens with zero attached hydrogens (tertiary/aromatic N) is 1. The average Bonchev–Trinajstić information content (AvgIpc) is 2.19. The lowest BCUT2D eigenvalue weighted by molar-refractivity contribution is -0.385. The summed E-state index contributed by atoms with van der Waals surface area (Å²) < 4.78 is 0. The van der Waals surface area contributed by atoms with E-state index in [2.05, 4.69) is 0 Å². The second kappa shape index (κ2) is 4.98. The molecule has 0 unspecified atom stereocenters. The summed E-state index contributed by atoms with van der Waals surface area (Å²) in [5, 5.41) is 20.1. The Balaban J connectivity index is 3.10. The van der Waals surface area contributed by atoms with Crippen LogP contribution in [0.3, 0.4) is 0 Å². The van der Waals surface area contributed by atoms with Crippen LogP contribution in [-0.4, -0.2) is 10.0 Å². The third kappa shape index (κ3) is 2.83. The number of benzene rings is 1. The number of nitro groups is 1. The molecule has 0 bridgehead atoms. The van der Waals surface area contributed by atoms with Crippen LogP contribution in [0, 0.1) is 10.1 Å². The van der Waals surface area contributed by atoms with Gasteiger partial charge in [-0.3, -0.25) is 10.1 Å². The monoisotopic (exact) mass is 229 g/mol. The van der Waals surface area contributed by atoms with Crippen LogP contribution in [-0.2, 0) is 6.42 Å². The summed E-state index contributed by atoms with van der Waals surface area (Å²) in [6.07, 6.45) is 2.42. The van der Waals surface area contributed by atoms with E-state index in [0.717, 1.165) is 18.9 Å². The van der Waals surface area contributed by atoms with Crippen molar-refractivity contribution in [3.05, 3.63) is 32.8 Å². The minimum Gasteiger partial charge on any atom is -0.506 e. The number of hydrogen-bond donors (Lipinski definition) is 1. The van der Waals surface area contributed by atoms with Gasteiger partial charge in [0.15, 0.2) is 0 Å². The molecule has 1 aromatic carbocycles. The lowest BCUT2D eigenvalue weighted by atomic mass is 10.1. The van der Waals surface area contributed by atoms with E-state index in [1.807, 2.05) is 6.92 Å². The zero-order chi connectivity index (χ0) is 11.4. The Kier molecular flexibility index (Phi) is 3.91. The fourth-order valence-corrected chi connectivity index (χ4v) is 1.52. The molecule has 0 heterocycles. The van der Waals surface area contributed by atoms with Gasteiger partial charge in [-0.05, 0) is 18.9 Å². The van der Waals surface area contributed by atoms with E-state index in [-0.39, 0.29) is 16.5 Å². The molecule has 0 atom stereocenters. The van der Waals surface area contributed by atoms with Crippen molar-refractivity contribution in [2.75, 3.05) is 0 Å². The molecule has 0 saturated carbocycles. The summed E-state index contributed by atoms with van der Waals surface area (Å²) in [5.74, 6) is -0.247. The first-order chi connectivity index (χ1) is 7.06. The second-order valence-electron chi connectivity index (χ2n) is 3.29. The number of phenols is 1. The van der Waals surface area contributed by atoms with Gasteiger partial charge in [-0.1, -0.05) is 24.9 Å². The first kappa shape index (κ1) is 11.8. The molecule has 0 aliphatic heterocycles. The van der Waals surface area contributed by atoms with Gasteiger partial charge in [0.05, 0.1) is 16.0 Å². The zero-order valence-corrected chi connectivity index (χ0v) is 9.12. The molecule has 1 N–H and O–H groups in total. The highest BCUT2D eigenvalue weighted by atomic mass is 35.5. The predicted molar refractivity (Wildman–Crippen MR) is 58.4 cm³/mol. The molecule has 0 radical (unpaired) electrons. The van der Waals surface area contributed by atoms with E-state index in [4.69, 9.17) is 11.6 Å². The maximum atomic E-state index is 10.7. The van der Waals surface area contributed by atoms with Crippen molar-refractivity contribution >= 4 is 17.3 Å².